The first-order valence-electron chi connectivity index (χ1n) is 10.4. The molecule has 1 amide bonds. The van der Waals surface area contributed by atoms with Gasteiger partial charge >= 0.3 is 0 Å². The Balaban J connectivity index is 1.42. The Hall–Kier alpha value is -3.42. The van der Waals surface area contributed by atoms with Gasteiger partial charge in [-0.25, -0.2) is 19.3 Å². The fourth-order valence-electron chi connectivity index (χ4n) is 4.51. The van der Waals surface area contributed by atoms with Gasteiger partial charge in [0, 0.05) is 25.0 Å². The van der Waals surface area contributed by atoms with Crippen molar-refractivity contribution in [1.29, 1.82) is 0 Å². The average molecular weight is 419 g/mol. The zero-order chi connectivity index (χ0) is 21.4. The molecule has 1 saturated carbocycles. The van der Waals surface area contributed by atoms with Crippen LogP contribution in [0.2, 0.25) is 0 Å². The molecule has 0 aromatic carbocycles. The largest absolute Gasteiger partial charge is 0.472 e. The molecule has 6 rings (SSSR count). The van der Waals surface area contributed by atoms with Gasteiger partial charge in [-0.3, -0.25) is 9.78 Å². The summed E-state index contributed by atoms with van der Waals surface area (Å²) in [5.41, 5.74) is 1.83. The molecule has 2 bridgehead atoms. The van der Waals surface area contributed by atoms with Crippen LogP contribution in [-0.4, -0.2) is 49.4 Å². The third-order valence-electron chi connectivity index (χ3n) is 6.01. The van der Waals surface area contributed by atoms with Crippen LogP contribution in [0.1, 0.15) is 35.3 Å². The van der Waals surface area contributed by atoms with Crippen molar-refractivity contribution in [2.45, 2.75) is 38.3 Å². The molecule has 158 valence electrons. The summed E-state index contributed by atoms with van der Waals surface area (Å²) in [4.78, 5) is 32.2. The van der Waals surface area contributed by atoms with E-state index in [1.165, 1.54) is 0 Å². The number of carbonyl (C=O) groups is 1. The summed E-state index contributed by atoms with van der Waals surface area (Å²) in [6, 6.07) is 7.24. The standard InChI is InChI=1S/C23H22FN5O2/c1-14-4-7-20(26-10-14)31-19-9-15-5-6-18(19)29(13-15)23(30)21-17(3-2-8-25-21)22-27-11-16(24)12-28-22/h2-4,7-8,10-12,15,18-19H,5-6,9,13H2,1H3. The van der Waals surface area contributed by atoms with E-state index in [9.17, 15) is 9.18 Å². The molecule has 3 aromatic rings. The van der Waals surface area contributed by atoms with Crippen molar-refractivity contribution in [2.24, 2.45) is 5.92 Å². The summed E-state index contributed by atoms with van der Waals surface area (Å²) in [6.07, 6.45) is 8.28. The van der Waals surface area contributed by atoms with Gasteiger partial charge < -0.3 is 9.64 Å². The van der Waals surface area contributed by atoms with Crippen LogP contribution in [0.4, 0.5) is 4.39 Å². The second-order valence-electron chi connectivity index (χ2n) is 8.16. The highest BCUT2D eigenvalue weighted by molar-refractivity contribution is 5.98. The number of pyridine rings is 2. The van der Waals surface area contributed by atoms with Gasteiger partial charge in [-0.15, -0.1) is 0 Å². The van der Waals surface area contributed by atoms with Gasteiger partial charge in [0.05, 0.1) is 24.0 Å². The van der Waals surface area contributed by atoms with Gasteiger partial charge in [0.25, 0.3) is 5.91 Å². The smallest absolute Gasteiger partial charge is 0.273 e. The quantitative estimate of drug-likeness (QED) is 0.644. The monoisotopic (exact) mass is 419 g/mol. The van der Waals surface area contributed by atoms with E-state index in [2.05, 4.69) is 19.9 Å². The Morgan fingerprint density at radius 2 is 1.94 bits per heavy atom. The van der Waals surface area contributed by atoms with Gasteiger partial charge in [0.1, 0.15) is 11.8 Å². The lowest BCUT2D eigenvalue weighted by Gasteiger charge is -2.49. The van der Waals surface area contributed by atoms with Crippen molar-refractivity contribution in [3.05, 3.63) is 66.1 Å². The number of aromatic nitrogens is 4. The highest BCUT2D eigenvalue weighted by Crippen LogP contribution is 2.38. The predicted octanol–water partition coefficient (Wildman–Crippen LogP) is 3.45. The molecule has 3 unspecified atom stereocenters. The minimum Gasteiger partial charge on any atom is -0.472 e. The van der Waals surface area contributed by atoms with Crippen molar-refractivity contribution in [1.82, 2.24) is 24.8 Å². The molecule has 31 heavy (non-hydrogen) atoms. The molecule has 0 spiro atoms. The maximum atomic E-state index is 13.6. The van der Waals surface area contributed by atoms with E-state index in [1.807, 2.05) is 24.0 Å². The number of hydrogen-bond donors (Lipinski definition) is 0. The molecule has 2 aliphatic heterocycles. The summed E-state index contributed by atoms with van der Waals surface area (Å²) in [5.74, 6) is 0.519. The highest BCUT2D eigenvalue weighted by atomic mass is 19.1. The Kier molecular flexibility index (Phi) is 5.05. The van der Waals surface area contributed by atoms with Crippen LogP contribution in [0.3, 0.4) is 0 Å². The number of hydrogen-bond acceptors (Lipinski definition) is 6. The predicted molar refractivity (Wildman–Crippen MR) is 111 cm³/mol. The molecule has 2 saturated heterocycles. The Morgan fingerprint density at radius 3 is 2.68 bits per heavy atom. The molecule has 5 heterocycles. The van der Waals surface area contributed by atoms with Gasteiger partial charge in [-0.2, -0.15) is 0 Å². The Morgan fingerprint density at radius 1 is 1.10 bits per heavy atom. The van der Waals surface area contributed by atoms with Gasteiger partial charge in [0.15, 0.2) is 11.6 Å². The van der Waals surface area contributed by atoms with Crippen molar-refractivity contribution in [3.63, 3.8) is 0 Å². The van der Waals surface area contributed by atoms with Crippen molar-refractivity contribution in [2.75, 3.05) is 6.54 Å². The molecule has 8 heteroatoms. The summed E-state index contributed by atoms with van der Waals surface area (Å²) >= 11 is 0. The zero-order valence-corrected chi connectivity index (χ0v) is 17.1. The minimum atomic E-state index is -0.529. The van der Waals surface area contributed by atoms with E-state index in [-0.39, 0.29) is 29.6 Å². The molecular weight excluding hydrogens is 397 g/mol. The number of amides is 1. The number of aryl methyl sites for hydroxylation is 1. The lowest BCUT2D eigenvalue weighted by molar-refractivity contribution is -0.0315. The first-order chi connectivity index (χ1) is 15.1. The second kappa shape index (κ2) is 8.02. The van der Waals surface area contributed by atoms with Crippen LogP contribution < -0.4 is 4.74 Å². The number of halogens is 1. The number of carbonyl (C=O) groups excluding carboxylic acids is 1. The van der Waals surface area contributed by atoms with E-state index in [1.54, 1.807) is 24.5 Å². The van der Waals surface area contributed by atoms with Crippen LogP contribution in [0, 0.1) is 18.7 Å². The van der Waals surface area contributed by atoms with E-state index in [4.69, 9.17) is 4.74 Å². The summed E-state index contributed by atoms with van der Waals surface area (Å²) < 4.78 is 19.5. The SMILES string of the molecule is Cc1ccc(OC2CC3CCC2N(C(=O)c2ncccc2-c2ncc(F)cn2)C3)nc1. The molecule has 0 radical (unpaired) electrons. The van der Waals surface area contributed by atoms with Crippen LogP contribution >= 0.6 is 0 Å². The highest BCUT2D eigenvalue weighted by Gasteiger charge is 2.45. The summed E-state index contributed by atoms with van der Waals surface area (Å²) in [7, 11) is 0. The van der Waals surface area contributed by atoms with E-state index in [0.717, 1.165) is 37.2 Å². The van der Waals surface area contributed by atoms with Crippen LogP contribution in [0.25, 0.3) is 11.4 Å². The molecule has 3 aliphatic rings. The minimum absolute atomic E-state index is 0.0513. The fraction of sp³-hybridized carbons (Fsp3) is 0.348. The molecule has 3 fully saturated rings. The van der Waals surface area contributed by atoms with E-state index in [0.29, 0.717) is 23.9 Å². The number of fused-ring (bicyclic) bond motifs is 3. The third kappa shape index (κ3) is 3.85. The number of ether oxygens (including phenoxy) is 1. The molecule has 1 aliphatic carbocycles. The second-order valence-corrected chi connectivity index (χ2v) is 8.16. The summed E-state index contributed by atoms with van der Waals surface area (Å²) in [6.45, 7) is 2.65. The molecule has 0 N–H and O–H groups in total. The average Bonchev–Trinajstić information content (AvgIpc) is 2.81. The molecule has 7 nitrogen and oxygen atoms in total. The third-order valence-corrected chi connectivity index (χ3v) is 6.01. The first kappa shape index (κ1) is 19.5. The van der Waals surface area contributed by atoms with Crippen LogP contribution in [0.5, 0.6) is 5.88 Å². The number of piperidine rings is 2. The maximum Gasteiger partial charge on any atom is 0.273 e. The number of rotatable bonds is 4. The topological polar surface area (TPSA) is 81.1 Å². The summed E-state index contributed by atoms with van der Waals surface area (Å²) in [5, 5.41) is 0. The Labute approximate surface area is 179 Å². The zero-order valence-electron chi connectivity index (χ0n) is 17.1. The lowest BCUT2D eigenvalue weighted by atomic mass is 9.77. The van der Waals surface area contributed by atoms with Crippen LogP contribution in [-0.2, 0) is 0 Å². The van der Waals surface area contributed by atoms with E-state index >= 15 is 0 Å². The normalized spacial score (nSPS) is 22.4. The molecular formula is C23H22FN5O2. The number of nitrogens with zero attached hydrogens (tertiary/aromatic N) is 5. The maximum absolute atomic E-state index is 13.6. The fourth-order valence-corrected chi connectivity index (χ4v) is 4.51. The van der Waals surface area contributed by atoms with E-state index < -0.39 is 5.82 Å². The van der Waals surface area contributed by atoms with Gasteiger partial charge in [-0.05, 0) is 49.8 Å². The van der Waals surface area contributed by atoms with Crippen molar-refractivity contribution < 1.29 is 13.9 Å². The molecule has 3 aromatic heterocycles. The van der Waals surface area contributed by atoms with Crippen molar-refractivity contribution >= 4 is 5.91 Å². The van der Waals surface area contributed by atoms with Crippen molar-refractivity contribution in [3.8, 4) is 17.3 Å². The van der Waals surface area contributed by atoms with Gasteiger partial charge in [-0.1, -0.05) is 6.07 Å². The lowest BCUT2D eigenvalue weighted by Crippen LogP contribution is -2.59. The molecule has 3 atom stereocenters. The van der Waals surface area contributed by atoms with Gasteiger partial charge in [0.2, 0.25) is 5.88 Å². The van der Waals surface area contributed by atoms with Crippen LogP contribution in [0.15, 0.2) is 49.1 Å². The first-order valence-corrected chi connectivity index (χ1v) is 10.4. The Bertz CT molecular complexity index is 1090.